The van der Waals surface area contributed by atoms with E-state index in [0.717, 1.165) is 9.13 Å². The zero-order chi connectivity index (χ0) is 89.0. The van der Waals surface area contributed by atoms with Crippen LogP contribution in [0.2, 0.25) is 0 Å². The van der Waals surface area contributed by atoms with Crippen molar-refractivity contribution in [2.24, 2.45) is 0 Å². The van der Waals surface area contributed by atoms with Gasteiger partial charge in [-0.15, -0.1) is 0 Å². The van der Waals surface area contributed by atoms with Crippen LogP contribution >= 0.6 is 33.6 Å². The fourth-order valence-electron chi connectivity index (χ4n) is 14.8. The van der Waals surface area contributed by atoms with Gasteiger partial charge in [-0.05, 0) is 72.9 Å². The summed E-state index contributed by atoms with van der Waals surface area (Å²) in [5.41, 5.74) is 17.3. The molecule has 125 heavy (non-hydrogen) atoms. The van der Waals surface area contributed by atoms with E-state index in [0.29, 0.717) is 0 Å². The van der Waals surface area contributed by atoms with E-state index in [2.05, 4.69) is 69.8 Å². The molecule has 6 saturated heterocycles. The minimum absolute atomic E-state index is 0.0395. The first kappa shape index (κ1) is 90.6. The van der Waals surface area contributed by atoms with Crippen LogP contribution in [0.5, 0.6) is 0 Å². The highest BCUT2D eigenvalue weighted by molar-refractivity contribution is 8.08. The number of hydrogen-bond donors (Lipinski definition) is 17. The third-order valence-electron chi connectivity index (χ3n) is 20.6. The predicted molar refractivity (Wildman–Crippen MR) is 443 cm³/mol. The SMILES string of the molecule is Cc1cn(C2CC(O)C(COP(O)(=S)OC3CC(n4cc(C)c(=O)[nH]c4=O)OC3COP(O)(=S)OC3CC(n4cnc5c(=O)[nH]c(N)nc54)OC3COP(O)(=S)OC3CC(n4cnc5c(=O)[nH]c(N)nc54)OC3COP(O)(=S)OC3CC(n4cnc5c(=O)[nH]c(N)nc54)OC3COP(O)(=S)OC3CC(n4cnc5c(=O)[nH]c(N)nc54)OC3CO)O2)c(=O)[nH]c1=O. The Morgan fingerprint density at radius 2 is 0.600 bits per heavy atom. The van der Waals surface area contributed by atoms with Gasteiger partial charge >= 0.3 is 45.0 Å². The second kappa shape index (κ2) is 35.6. The average Bonchev–Trinajstić information content (AvgIpc) is 1.63. The highest BCUT2D eigenvalue weighted by atomic mass is 32.5. The van der Waals surface area contributed by atoms with Crippen molar-refractivity contribution in [2.45, 2.75) is 163 Å². The average molecular weight is 1940 g/mol. The molecule has 10 aromatic heterocycles. The summed E-state index contributed by atoms with van der Waals surface area (Å²) in [7, 11) is 0. The smallest absolute Gasteiger partial charge is 0.330 e. The number of imidazole rings is 4. The number of hydrogen-bond acceptors (Lipinski definition) is 43. The topological polar surface area (TPSA) is 757 Å². The first-order valence-corrected chi connectivity index (χ1v) is 50.1. The molecule has 6 aliphatic rings. The lowest BCUT2D eigenvalue weighted by Gasteiger charge is -2.28. The van der Waals surface area contributed by atoms with Crippen molar-refractivity contribution in [2.75, 3.05) is 62.6 Å². The van der Waals surface area contributed by atoms with Gasteiger partial charge in [-0.1, -0.05) is 0 Å². The molecule has 0 aliphatic carbocycles. The Labute approximate surface area is 720 Å². The Balaban J connectivity index is 0.620. The summed E-state index contributed by atoms with van der Waals surface area (Å²) in [5, 5.41) is 21.4. The van der Waals surface area contributed by atoms with Gasteiger partial charge in [0.25, 0.3) is 33.4 Å². The van der Waals surface area contributed by atoms with Crippen LogP contribution in [0.4, 0.5) is 23.8 Å². The fraction of sp³-hybridized carbons (Fsp3) is 0.533. The van der Waals surface area contributed by atoms with E-state index in [4.69, 9.17) is 156 Å². The van der Waals surface area contributed by atoms with Crippen molar-refractivity contribution >= 4 is 161 Å². The molecule has 16 rings (SSSR count). The number of aliphatic hydroxyl groups is 2. The van der Waals surface area contributed by atoms with Crippen LogP contribution in [0.1, 0.15) is 87.0 Å². The molecular formula is C60H75N24O31P5S5. The Morgan fingerprint density at radius 1 is 0.368 bits per heavy atom. The van der Waals surface area contributed by atoms with E-state index >= 15 is 0 Å². The van der Waals surface area contributed by atoms with Crippen LogP contribution in [0.25, 0.3) is 44.7 Å². The van der Waals surface area contributed by atoms with Gasteiger partial charge in [0.2, 0.25) is 23.8 Å². The Bertz CT molecular complexity index is 6620. The number of nitrogen functional groups attached to an aromatic ring is 4. The van der Waals surface area contributed by atoms with Crippen LogP contribution in [0, 0.1) is 13.8 Å². The molecule has 0 amide bonds. The molecule has 6 aliphatic heterocycles. The molecule has 23 unspecified atom stereocenters. The second-order valence-electron chi connectivity index (χ2n) is 29.0. The lowest BCUT2D eigenvalue weighted by molar-refractivity contribution is -0.0570. The highest BCUT2D eigenvalue weighted by Gasteiger charge is 2.50. The van der Waals surface area contributed by atoms with E-state index in [9.17, 15) is 73.0 Å². The van der Waals surface area contributed by atoms with Crippen LogP contribution in [-0.2, 0) is 133 Å². The van der Waals surface area contributed by atoms with Gasteiger partial charge in [0.05, 0.1) is 102 Å². The molecule has 65 heteroatoms. The maximum Gasteiger partial charge on any atom is 0.330 e. The lowest BCUT2D eigenvalue weighted by atomic mass is 10.2. The van der Waals surface area contributed by atoms with E-state index in [1.165, 1.54) is 69.8 Å². The summed E-state index contributed by atoms with van der Waals surface area (Å²) < 4.78 is 105. The summed E-state index contributed by atoms with van der Waals surface area (Å²) in [6.07, 6.45) is -17.4. The third-order valence-corrected chi connectivity index (χ3v) is 28.5. The molecule has 0 bridgehead atoms. The number of H-pyrrole nitrogens is 6. The molecule has 0 radical (unpaired) electrons. The van der Waals surface area contributed by atoms with Crippen molar-refractivity contribution < 1.29 is 108 Å². The number of anilines is 4. The number of aromatic nitrogens is 20. The van der Waals surface area contributed by atoms with Crippen molar-refractivity contribution in [3.8, 4) is 0 Å². The van der Waals surface area contributed by atoms with Crippen LogP contribution in [0.3, 0.4) is 0 Å². The molecule has 10 aromatic rings. The van der Waals surface area contributed by atoms with Gasteiger partial charge in [-0.2, -0.15) is 19.9 Å². The van der Waals surface area contributed by atoms with Gasteiger partial charge in [-0.25, -0.2) is 29.5 Å². The van der Waals surface area contributed by atoms with Crippen LogP contribution in [0.15, 0.2) is 76.1 Å². The van der Waals surface area contributed by atoms with Crippen molar-refractivity contribution in [3.63, 3.8) is 0 Å². The lowest BCUT2D eigenvalue weighted by Crippen LogP contribution is -2.33. The van der Waals surface area contributed by atoms with E-state index in [1.807, 2.05) is 0 Å². The molecule has 6 fully saturated rings. The van der Waals surface area contributed by atoms with Crippen molar-refractivity contribution in [1.29, 1.82) is 0 Å². The maximum absolute atomic E-state index is 13.3. The summed E-state index contributed by atoms with van der Waals surface area (Å²) >= 11 is 27.9. The summed E-state index contributed by atoms with van der Waals surface area (Å²) in [4.78, 5) is 209. The van der Waals surface area contributed by atoms with Crippen molar-refractivity contribution in [3.05, 3.63) is 132 Å². The Hall–Kier alpha value is -7.71. The Morgan fingerprint density at radius 3 is 0.872 bits per heavy atom. The molecular weight excluding hydrogens is 1870 g/mol. The molecule has 21 N–H and O–H groups in total. The molecule has 55 nitrogen and oxygen atoms in total. The largest absolute Gasteiger partial charge is 0.394 e. The molecule has 0 saturated carbocycles. The molecule has 16 heterocycles. The van der Waals surface area contributed by atoms with Crippen LogP contribution in [-0.4, -0.2) is 245 Å². The van der Waals surface area contributed by atoms with Crippen molar-refractivity contribution in [1.82, 2.24) is 97.2 Å². The first-order chi connectivity index (χ1) is 59.1. The zero-order valence-electron chi connectivity index (χ0n) is 64.1. The minimum Gasteiger partial charge on any atom is -0.394 e. The quantitative estimate of drug-likeness (QED) is 0.0184. The number of nitrogens with two attached hydrogens (primary N) is 4. The van der Waals surface area contributed by atoms with E-state index in [1.54, 1.807) is 0 Å². The summed E-state index contributed by atoms with van der Waals surface area (Å²) in [5.74, 6) is -1.15. The molecule has 676 valence electrons. The van der Waals surface area contributed by atoms with Gasteiger partial charge in [0.1, 0.15) is 74.0 Å². The number of aliphatic hydroxyl groups excluding tert-OH is 2. The minimum atomic E-state index is -4.72. The zero-order valence-corrected chi connectivity index (χ0v) is 72.7. The summed E-state index contributed by atoms with van der Waals surface area (Å²) in [6.45, 7) is -24.4. The normalized spacial score (nSPS) is 29.0. The van der Waals surface area contributed by atoms with E-state index < -0.39 is 229 Å². The fourth-order valence-corrected chi connectivity index (χ4v) is 22.1. The predicted octanol–water partition coefficient (Wildman–Crippen LogP) is -3.26. The number of rotatable bonds is 32. The standard InChI is InChI=1S/C60H75N24O31P5S5/c1-21-9-79(59(93)77-49(21)87)35-3-23(86)30(106-35)12-100-116(95,121)112-25-5-36(80-10-22(2)50(88)78-60(80)94)107-31(25)13-102-118(97,123)113-27-7-39(83-19-67-43-47(83)71-57(63)75-53(43)91)109-33(27)15-104-120(99,125)115-28-8-40(84-20-68-44-48(84)72-58(64)76-54(44)92)110-34(28)16-103-119(98,124)114-26-6-38(82-18-66-42-46(82)70-56(62)74-52(42)90)108-32(26)14-101-117(96,122)111-24-4-37(105-29(24)11-85)81-17-65-41-45(81)69-55(61)73-51(41)89/h9-10,17-20,23-40,85-86H,3-8,11-16H2,1-2H3,(H,95,121)(H,96,122)(H,97,123)(H,98,124)(H,99,125)(H,77,87,93)(H,78,88,94)(H3,61,69,73,89)(H3,62,70,74,90)(H3,63,71,75,91)(H3,64,72,76,92). The monoisotopic (exact) mass is 1940 g/mol. The number of aromatic amines is 6. The number of nitrogens with zero attached hydrogens (tertiary/aromatic N) is 14. The number of ether oxygens (including phenoxy) is 6. The van der Waals surface area contributed by atoms with Gasteiger partial charge in [0.15, 0.2) is 44.7 Å². The third kappa shape index (κ3) is 19.8. The Kier molecular flexibility index (Phi) is 25.8. The summed E-state index contributed by atoms with van der Waals surface area (Å²) in [6, 6.07) is 0. The molecule has 23 atom stereocenters. The van der Waals surface area contributed by atoms with Gasteiger partial charge in [0, 0.05) is 62.0 Å². The van der Waals surface area contributed by atoms with Gasteiger partial charge in [-0.3, -0.25) is 86.1 Å². The molecule has 0 aromatic carbocycles. The maximum atomic E-state index is 13.3. The second-order valence-corrected chi connectivity index (χ2v) is 43.0. The number of aryl methyl sites for hydroxylation is 2. The highest BCUT2D eigenvalue weighted by Crippen LogP contribution is 2.57. The molecule has 0 spiro atoms. The van der Waals surface area contributed by atoms with E-state index in [-0.39, 0.29) is 118 Å². The number of fused-ring (bicyclic) bond motifs is 4. The number of nitrogens with one attached hydrogen (secondary N) is 6. The van der Waals surface area contributed by atoms with Crippen LogP contribution < -0.4 is 67.7 Å². The van der Waals surface area contributed by atoms with Gasteiger partial charge < -0.3 is 131 Å². The first-order valence-electron chi connectivity index (χ1n) is 37.1.